The Kier molecular flexibility index (Phi) is 20.5. The fraction of sp³-hybridized carbons (Fsp3) is 0.364. The van der Waals surface area contributed by atoms with Gasteiger partial charge >= 0.3 is 11.8 Å². The van der Waals surface area contributed by atoms with Crippen molar-refractivity contribution in [2.45, 2.75) is 148 Å². The maximum Gasteiger partial charge on any atom is 0.344 e. The molecule has 1 aliphatic rings. The van der Waals surface area contributed by atoms with E-state index in [1.807, 2.05) is 103 Å². The fourth-order valence-corrected chi connectivity index (χ4v) is 13.3. The van der Waals surface area contributed by atoms with Crippen molar-refractivity contribution in [3.8, 4) is 0 Å². The molecule has 0 radical (unpaired) electrons. The Hall–Kier alpha value is -6.24. The summed E-state index contributed by atoms with van der Waals surface area (Å²) in [6, 6.07) is 46.5. The second-order valence-electron chi connectivity index (χ2n) is 20.5. The molecule has 0 atom stereocenters. The summed E-state index contributed by atoms with van der Waals surface area (Å²) in [7, 11) is 2.00. The molecule has 414 valence electrons. The summed E-state index contributed by atoms with van der Waals surface area (Å²) >= 11 is 15.9. The van der Waals surface area contributed by atoms with Gasteiger partial charge in [-0.2, -0.15) is 22.8 Å². The number of nitrogens with zero attached hydrogens (tertiary/aromatic N) is 7. The smallest absolute Gasteiger partial charge is 0.344 e. The molecule has 0 amide bonds. The van der Waals surface area contributed by atoms with Gasteiger partial charge in [0.05, 0.1) is 42.4 Å². The summed E-state index contributed by atoms with van der Waals surface area (Å²) < 4.78 is 29.7. The number of para-hydroxylation sites is 7. The summed E-state index contributed by atoms with van der Waals surface area (Å²) in [4.78, 5) is 0. The first kappa shape index (κ1) is 60.4. The van der Waals surface area contributed by atoms with Crippen LogP contribution in [-0.4, -0.2) is 21.4 Å². The van der Waals surface area contributed by atoms with Gasteiger partial charge in [0.1, 0.15) is 36.1 Å². The standard InChI is InChI=1S/C14H20N.C12H15Cl2N2.C11H14NS.C10H12NO.C10H12NS.C9H10NO/c1-5-10-15-11(2)14(3,4)12-8-6-7-9-13(12)15;1-4-15-8(3)16(5-2)12-7-10(14)9(13)6-11(12)15;1-8(2)12-9(3)13-11-7-5-4-6-10(11)12;2*1-3-11-8(2)12-10-7-5-4-6-9(10)11;1-7-10(2)8-5-3-4-6-9(8)11-7/h6-9H,5,10H2,1-4H3;6-7H,4-5H2,1-3H3;4-8H,1-3H3;2*4-7H,3H2,1-2H3;3-6H,1-2H3/q6*+1. The number of benzene rings is 6. The highest BCUT2D eigenvalue weighted by Gasteiger charge is 2.42. The number of halogens is 2. The predicted molar refractivity (Wildman–Crippen MR) is 332 cm³/mol. The lowest BCUT2D eigenvalue weighted by Crippen LogP contribution is -2.37. The van der Waals surface area contributed by atoms with Crippen molar-refractivity contribution in [1.29, 1.82) is 0 Å². The third kappa shape index (κ3) is 13.0. The molecule has 6 heterocycles. The lowest BCUT2D eigenvalue weighted by atomic mass is 9.82. The van der Waals surface area contributed by atoms with Gasteiger partial charge < -0.3 is 8.83 Å². The lowest BCUT2D eigenvalue weighted by molar-refractivity contribution is -0.692. The summed E-state index contributed by atoms with van der Waals surface area (Å²) in [5.41, 5.74) is 13.8. The van der Waals surface area contributed by atoms with Gasteiger partial charge in [-0.3, -0.25) is 0 Å². The Labute approximate surface area is 486 Å². The van der Waals surface area contributed by atoms with E-state index in [0.717, 1.165) is 72.2 Å². The summed E-state index contributed by atoms with van der Waals surface area (Å²) in [6.07, 6.45) is 1.20. The molecular formula is C66H83Cl2N7O2S2+6. The molecule has 9 nitrogen and oxygen atoms in total. The first-order valence-electron chi connectivity index (χ1n) is 27.9. The van der Waals surface area contributed by atoms with Crippen LogP contribution in [0.3, 0.4) is 0 Å². The van der Waals surface area contributed by atoms with E-state index < -0.39 is 0 Å². The second kappa shape index (κ2) is 26.8. The summed E-state index contributed by atoms with van der Waals surface area (Å²) in [5, 5.41) is 4.00. The zero-order valence-corrected chi connectivity index (χ0v) is 52.7. The van der Waals surface area contributed by atoms with Crippen LogP contribution in [0.4, 0.5) is 5.69 Å². The highest BCUT2D eigenvalue weighted by molar-refractivity contribution is 7.18. The highest BCUT2D eigenvalue weighted by Crippen LogP contribution is 2.39. The van der Waals surface area contributed by atoms with E-state index in [1.165, 1.54) is 65.2 Å². The Morgan fingerprint density at radius 1 is 0.557 bits per heavy atom. The number of aryl methyl sites for hydroxylation is 9. The van der Waals surface area contributed by atoms with E-state index in [4.69, 9.17) is 32.0 Å². The van der Waals surface area contributed by atoms with Crippen molar-refractivity contribution in [3.63, 3.8) is 0 Å². The summed E-state index contributed by atoms with van der Waals surface area (Å²) in [5.74, 6) is 3.14. The zero-order chi connectivity index (χ0) is 57.3. The van der Waals surface area contributed by atoms with Crippen molar-refractivity contribution in [1.82, 2.24) is 4.57 Å². The average Bonchev–Trinajstić information content (AvgIpc) is 4.41. The van der Waals surface area contributed by atoms with E-state index in [2.05, 4.69) is 196 Å². The normalized spacial score (nSPS) is 12.4. The van der Waals surface area contributed by atoms with Gasteiger partial charge in [-0.25, -0.2) is 9.13 Å². The van der Waals surface area contributed by atoms with E-state index in [1.54, 1.807) is 0 Å². The van der Waals surface area contributed by atoms with Crippen LogP contribution in [0.5, 0.6) is 0 Å². The van der Waals surface area contributed by atoms with Crippen LogP contribution in [0.25, 0.3) is 53.7 Å². The fourth-order valence-electron chi connectivity index (χ4n) is 10.8. The van der Waals surface area contributed by atoms with E-state index in [-0.39, 0.29) is 5.41 Å². The van der Waals surface area contributed by atoms with Crippen molar-refractivity contribution in [2.24, 2.45) is 7.05 Å². The van der Waals surface area contributed by atoms with Crippen molar-refractivity contribution >= 4 is 111 Å². The van der Waals surface area contributed by atoms with Crippen LogP contribution in [0.15, 0.2) is 142 Å². The van der Waals surface area contributed by atoms with Crippen LogP contribution in [0, 0.1) is 34.6 Å². The minimum Gasteiger partial charge on any atom is -0.402 e. The van der Waals surface area contributed by atoms with Gasteiger partial charge in [0.15, 0.2) is 22.8 Å². The number of oxazole rings is 2. The van der Waals surface area contributed by atoms with Crippen LogP contribution in [0.1, 0.15) is 115 Å². The molecule has 11 aromatic rings. The minimum absolute atomic E-state index is 0.200. The predicted octanol–water partition coefficient (Wildman–Crippen LogP) is 16.3. The zero-order valence-electron chi connectivity index (χ0n) is 49.5. The average molecular weight is 1140 g/mol. The van der Waals surface area contributed by atoms with Gasteiger partial charge in [-0.1, -0.05) is 120 Å². The number of aromatic nitrogens is 6. The van der Waals surface area contributed by atoms with E-state index in [0.29, 0.717) is 16.1 Å². The van der Waals surface area contributed by atoms with Gasteiger partial charge in [0.25, 0.3) is 16.9 Å². The lowest BCUT2D eigenvalue weighted by Gasteiger charge is -2.14. The van der Waals surface area contributed by atoms with Crippen LogP contribution < -0.4 is 22.8 Å². The Morgan fingerprint density at radius 3 is 1.66 bits per heavy atom. The van der Waals surface area contributed by atoms with Gasteiger partial charge in [0.2, 0.25) is 37.9 Å². The molecule has 5 aromatic heterocycles. The third-order valence-electron chi connectivity index (χ3n) is 15.1. The number of hydrogen-bond acceptors (Lipinski definition) is 4. The molecule has 1 aliphatic heterocycles. The molecule has 0 saturated carbocycles. The number of fused-ring (bicyclic) bond motifs is 6. The third-order valence-corrected chi connectivity index (χ3v) is 17.9. The molecular weight excluding hydrogens is 1060 g/mol. The summed E-state index contributed by atoms with van der Waals surface area (Å²) in [6.45, 7) is 37.6. The van der Waals surface area contributed by atoms with Crippen molar-refractivity contribution in [3.05, 3.63) is 177 Å². The van der Waals surface area contributed by atoms with Crippen molar-refractivity contribution in [2.75, 3.05) is 6.54 Å². The molecule has 0 aliphatic carbocycles. The molecule has 0 bridgehead atoms. The molecule has 6 aromatic carbocycles. The maximum absolute atomic E-state index is 6.07. The largest absolute Gasteiger partial charge is 0.402 e. The van der Waals surface area contributed by atoms with Gasteiger partial charge in [-0.05, 0) is 79.7 Å². The van der Waals surface area contributed by atoms with Crippen LogP contribution >= 0.6 is 45.9 Å². The Bertz CT molecular complexity index is 3760. The molecule has 13 heteroatoms. The quantitative estimate of drug-likeness (QED) is 0.149. The Morgan fingerprint density at radius 2 is 1.06 bits per heavy atom. The van der Waals surface area contributed by atoms with Crippen LogP contribution in [-0.2, 0) is 38.6 Å². The maximum atomic E-state index is 6.07. The van der Waals surface area contributed by atoms with Gasteiger partial charge in [-0.15, -0.1) is 0 Å². The topological polar surface area (TPSA) is 53.6 Å². The van der Waals surface area contributed by atoms with Crippen LogP contribution in [0.2, 0.25) is 10.0 Å². The number of rotatable bonds is 7. The number of hydrogen-bond donors (Lipinski definition) is 0. The molecule has 0 saturated heterocycles. The molecule has 0 fully saturated rings. The number of thiazole rings is 2. The molecule has 0 N–H and O–H groups in total. The SMILES string of the molecule is CCC[N+]1=C(C)C(C)(C)c2ccccc21.CC[n+]1c(C)oc2ccccc21.CC[n+]1c(C)sc2ccccc21.CCn1c(C)[n+](CC)c2cc(Cl)c(Cl)cc21.Cc1oc2ccccc2[n+]1C.Cc1sc2ccccc2[n+]1C(C)C. The molecule has 12 rings (SSSR count). The minimum atomic E-state index is 0.200. The highest BCUT2D eigenvalue weighted by atomic mass is 35.5. The molecule has 79 heavy (non-hydrogen) atoms. The van der Waals surface area contributed by atoms with E-state index in [9.17, 15) is 0 Å². The Balaban J connectivity index is 0.000000138. The van der Waals surface area contributed by atoms with Gasteiger partial charge in [0, 0.05) is 82.1 Å². The monoisotopic (exact) mass is 1140 g/mol. The molecule has 0 spiro atoms. The van der Waals surface area contributed by atoms with Crippen molar-refractivity contribution < 1.29 is 36.2 Å². The van der Waals surface area contributed by atoms with E-state index >= 15 is 0 Å². The first-order chi connectivity index (χ1) is 37.8. The first-order valence-corrected chi connectivity index (χ1v) is 30.3. The molecule has 0 unspecified atom stereocenters. The number of imidazole rings is 1. The second-order valence-corrected chi connectivity index (χ2v) is 23.8.